The summed E-state index contributed by atoms with van der Waals surface area (Å²) in [6.07, 6.45) is 3.48. The zero-order chi connectivity index (χ0) is 18.1. The first kappa shape index (κ1) is 17.0. The van der Waals surface area contributed by atoms with Crippen LogP contribution in [0, 0.1) is 12.8 Å². The number of hydrogen-bond acceptors (Lipinski definition) is 6. The number of aldehydes is 1. The SMILES string of the molecule is Cc1nc(CC2CCN(c3ccc4sccc4c3)CC2)nc(C=O)c1O. The van der Waals surface area contributed by atoms with E-state index in [1.165, 1.54) is 15.8 Å². The van der Waals surface area contributed by atoms with E-state index < -0.39 is 0 Å². The molecule has 1 fully saturated rings. The maximum absolute atomic E-state index is 11.0. The van der Waals surface area contributed by atoms with Crippen molar-refractivity contribution in [2.75, 3.05) is 18.0 Å². The molecule has 3 aromatic rings. The van der Waals surface area contributed by atoms with Gasteiger partial charge in [0.2, 0.25) is 0 Å². The second kappa shape index (κ2) is 7.03. The number of aromatic hydroxyl groups is 1. The zero-order valence-electron chi connectivity index (χ0n) is 14.7. The molecule has 5 nitrogen and oxygen atoms in total. The van der Waals surface area contributed by atoms with Gasteiger partial charge in [-0.15, -0.1) is 11.3 Å². The van der Waals surface area contributed by atoms with Crippen molar-refractivity contribution < 1.29 is 9.90 Å². The van der Waals surface area contributed by atoms with Gasteiger partial charge in [-0.25, -0.2) is 9.97 Å². The van der Waals surface area contributed by atoms with Crippen LogP contribution in [-0.4, -0.2) is 34.5 Å². The quantitative estimate of drug-likeness (QED) is 0.707. The number of rotatable bonds is 4. The van der Waals surface area contributed by atoms with E-state index in [4.69, 9.17) is 0 Å². The van der Waals surface area contributed by atoms with Crippen molar-refractivity contribution in [3.05, 3.63) is 46.9 Å². The number of benzene rings is 1. The molecule has 1 aliphatic heterocycles. The van der Waals surface area contributed by atoms with Crippen LogP contribution in [-0.2, 0) is 6.42 Å². The van der Waals surface area contributed by atoms with Crippen molar-refractivity contribution in [1.82, 2.24) is 9.97 Å². The Hall–Kier alpha value is -2.47. The van der Waals surface area contributed by atoms with E-state index in [-0.39, 0.29) is 11.4 Å². The summed E-state index contributed by atoms with van der Waals surface area (Å²) in [6.45, 7) is 3.73. The first-order valence-electron chi connectivity index (χ1n) is 8.88. The summed E-state index contributed by atoms with van der Waals surface area (Å²) in [5.74, 6) is 1.04. The normalized spacial score (nSPS) is 15.5. The predicted octanol–water partition coefficient (Wildman–Crippen LogP) is 3.98. The molecule has 0 amide bonds. The highest BCUT2D eigenvalue weighted by molar-refractivity contribution is 7.17. The molecule has 0 spiro atoms. The molecule has 0 aliphatic carbocycles. The molecule has 6 heteroatoms. The average molecular weight is 367 g/mol. The van der Waals surface area contributed by atoms with E-state index in [0.717, 1.165) is 32.4 Å². The van der Waals surface area contributed by atoms with E-state index in [1.54, 1.807) is 18.3 Å². The zero-order valence-corrected chi connectivity index (χ0v) is 15.5. The molecule has 0 unspecified atom stereocenters. The molecule has 1 aliphatic rings. The third-order valence-corrected chi connectivity index (χ3v) is 6.03. The van der Waals surface area contributed by atoms with Crippen LogP contribution < -0.4 is 4.90 Å². The van der Waals surface area contributed by atoms with Crippen LogP contribution in [0.2, 0.25) is 0 Å². The Kier molecular flexibility index (Phi) is 4.59. The van der Waals surface area contributed by atoms with Gasteiger partial charge in [0.05, 0.1) is 5.69 Å². The van der Waals surface area contributed by atoms with E-state index in [0.29, 0.717) is 23.7 Å². The highest BCUT2D eigenvalue weighted by Gasteiger charge is 2.22. The minimum atomic E-state index is -0.109. The van der Waals surface area contributed by atoms with Gasteiger partial charge < -0.3 is 10.0 Å². The third kappa shape index (κ3) is 3.29. The van der Waals surface area contributed by atoms with E-state index in [9.17, 15) is 9.90 Å². The number of piperidine rings is 1. The van der Waals surface area contributed by atoms with E-state index in [2.05, 4.69) is 44.5 Å². The molecular weight excluding hydrogens is 346 g/mol. The molecule has 1 saturated heterocycles. The predicted molar refractivity (Wildman–Crippen MR) is 104 cm³/mol. The summed E-state index contributed by atoms with van der Waals surface area (Å²) in [5, 5.41) is 13.2. The molecule has 134 valence electrons. The molecule has 4 rings (SSSR count). The van der Waals surface area contributed by atoms with Crippen LogP contribution in [0.5, 0.6) is 5.75 Å². The van der Waals surface area contributed by atoms with E-state index in [1.807, 2.05) is 0 Å². The van der Waals surface area contributed by atoms with Crippen LogP contribution >= 0.6 is 11.3 Å². The van der Waals surface area contributed by atoms with Gasteiger partial charge >= 0.3 is 0 Å². The van der Waals surface area contributed by atoms with Crippen molar-refractivity contribution in [1.29, 1.82) is 0 Å². The van der Waals surface area contributed by atoms with Crippen molar-refractivity contribution >= 4 is 33.4 Å². The van der Waals surface area contributed by atoms with Crippen LogP contribution in [0.3, 0.4) is 0 Å². The summed E-state index contributed by atoms with van der Waals surface area (Å²) >= 11 is 1.77. The fourth-order valence-corrected chi connectivity index (χ4v) is 4.40. The first-order chi connectivity index (χ1) is 12.6. The summed E-state index contributed by atoms with van der Waals surface area (Å²) in [4.78, 5) is 22.0. The largest absolute Gasteiger partial charge is 0.504 e. The minimum absolute atomic E-state index is 0.0917. The van der Waals surface area contributed by atoms with Gasteiger partial charge in [-0.05, 0) is 60.7 Å². The number of carbonyl (C=O) groups is 1. The van der Waals surface area contributed by atoms with Crippen molar-refractivity contribution in [2.24, 2.45) is 5.92 Å². The molecule has 0 saturated carbocycles. The van der Waals surface area contributed by atoms with Crippen LogP contribution in [0.15, 0.2) is 29.6 Å². The number of nitrogens with zero attached hydrogens (tertiary/aromatic N) is 3. The molecule has 1 aromatic carbocycles. The first-order valence-corrected chi connectivity index (χ1v) is 9.76. The fraction of sp³-hybridized carbons (Fsp3) is 0.350. The lowest BCUT2D eigenvalue weighted by Crippen LogP contribution is -2.34. The number of fused-ring (bicyclic) bond motifs is 1. The Morgan fingerprint density at radius 2 is 2.08 bits per heavy atom. The second-order valence-electron chi connectivity index (χ2n) is 6.85. The lowest BCUT2D eigenvalue weighted by atomic mass is 9.92. The molecule has 0 radical (unpaired) electrons. The van der Waals surface area contributed by atoms with Gasteiger partial charge in [-0.2, -0.15) is 0 Å². The monoisotopic (exact) mass is 367 g/mol. The number of thiophene rings is 1. The molecule has 3 heterocycles. The molecule has 0 atom stereocenters. The third-order valence-electron chi connectivity index (χ3n) is 5.13. The van der Waals surface area contributed by atoms with Gasteiger partial charge in [-0.1, -0.05) is 0 Å². The smallest absolute Gasteiger partial charge is 0.172 e. The molecule has 0 bridgehead atoms. The lowest BCUT2D eigenvalue weighted by Gasteiger charge is -2.33. The molecule has 26 heavy (non-hydrogen) atoms. The van der Waals surface area contributed by atoms with Gasteiger partial charge in [-0.3, -0.25) is 4.79 Å². The van der Waals surface area contributed by atoms with Crippen molar-refractivity contribution in [3.63, 3.8) is 0 Å². The number of hydrogen-bond donors (Lipinski definition) is 1. The Bertz CT molecular complexity index is 945. The Morgan fingerprint density at radius 1 is 1.27 bits per heavy atom. The number of anilines is 1. The maximum atomic E-state index is 11.0. The van der Waals surface area contributed by atoms with Gasteiger partial charge in [0.1, 0.15) is 11.5 Å². The Balaban J connectivity index is 1.42. The van der Waals surface area contributed by atoms with E-state index >= 15 is 0 Å². The maximum Gasteiger partial charge on any atom is 0.172 e. The Labute approximate surface area is 156 Å². The minimum Gasteiger partial charge on any atom is -0.504 e. The number of aryl methyl sites for hydroxylation is 1. The molecular formula is C20H21N3O2S. The second-order valence-corrected chi connectivity index (χ2v) is 7.80. The summed E-state index contributed by atoms with van der Waals surface area (Å²) in [6, 6.07) is 8.86. The average Bonchev–Trinajstić information content (AvgIpc) is 3.13. The summed E-state index contributed by atoms with van der Waals surface area (Å²) in [7, 11) is 0. The van der Waals surface area contributed by atoms with Gasteiger partial charge in [0, 0.05) is 29.9 Å². The Morgan fingerprint density at radius 3 is 2.85 bits per heavy atom. The highest BCUT2D eigenvalue weighted by atomic mass is 32.1. The van der Waals surface area contributed by atoms with Crippen LogP contribution in [0.25, 0.3) is 10.1 Å². The number of carbonyl (C=O) groups excluding carboxylic acids is 1. The number of aromatic nitrogens is 2. The van der Waals surface area contributed by atoms with Gasteiger partial charge in [0.15, 0.2) is 12.0 Å². The summed E-state index contributed by atoms with van der Waals surface area (Å²) < 4.78 is 1.33. The fourth-order valence-electron chi connectivity index (χ4n) is 3.63. The molecule has 1 N–H and O–H groups in total. The highest BCUT2D eigenvalue weighted by Crippen LogP contribution is 2.30. The summed E-state index contributed by atoms with van der Waals surface area (Å²) in [5.41, 5.74) is 1.85. The van der Waals surface area contributed by atoms with Crippen molar-refractivity contribution in [2.45, 2.75) is 26.2 Å². The van der Waals surface area contributed by atoms with Crippen LogP contribution in [0.1, 0.15) is 34.8 Å². The van der Waals surface area contributed by atoms with Crippen molar-refractivity contribution in [3.8, 4) is 5.75 Å². The topological polar surface area (TPSA) is 66.3 Å². The molecule has 2 aromatic heterocycles. The lowest BCUT2D eigenvalue weighted by molar-refractivity contribution is 0.111. The standard InChI is InChI=1S/C20H21N3O2S/c1-13-20(25)17(12-24)22-19(21-13)10-14-4-7-23(8-5-14)16-2-3-18-15(11-16)6-9-26-18/h2-3,6,9,11-12,14,25H,4-5,7-8,10H2,1H3. The van der Waals surface area contributed by atoms with Gasteiger partial charge in [0.25, 0.3) is 0 Å². The van der Waals surface area contributed by atoms with Crippen LogP contribution in [0.4, 0.5) is 5.69 Å².